The Labute approximate surface area is 132 Å². The third-order valence-electron chi connectivity index (χ3n) is 3.48. The molecule has 0 spiro atoms. The molecule has 22 heavy (non-hydrogen) atoms. The van der Waals surface area contributed by atoms with Crippen molar-refractivity contribution in [2.45, 2.75) is 63.8 Å². The van der Waals surface area contributed by atoms with Gasteiger partial charge in [0, 0.05) is 13.1 Å². The number of amides is 1. The summed E-state index contributed by atoms with van der Waals surface area (Å²) in [5, 5.41) is 2.93. The van der Waals surface area contributed by atoms with Gasteiger partial charge < -0.3 is 4.90 Å². The summed E-state index contributed by atoms with van der Waals surface area (Å²) in [7, 11) is -3.56. The highest BCUT2D eigenvalue weighted by Gasteiger charge is 2.25. The molecule has 0 atom stereocenters. The van der Waals surface area contributed by atoms with Crippen LogP contribution < -0.4 is 0 Å². The van der Waals surface area contributed by atoms with Crippen molar-refractivity contribution in [3.63, 3.8) is 0 Å². The van der Waals surface area contributed by atoms with Gasteiger partial charge in [0.05, 0.1) is 5.25 Å². The van der Waals surface area contributed by atoms with Gasteiger partial charge in [0.25, 0.3) is 5.16 Å². The molecule has 0 radical (unpaired) electrons. The van der Waals surface area contributed by atoms with Crippen molar-refractivity contribution in [2.75, 3.05) is 13.1 Å². The van der Waals surface area contributed by atoms with Crippen molar-refractivity contribution in [3.05, 3.63) is 6.33 Å². The lowest BCUT2D eigenvalue weighted by molar-refractivity contribution is 0.197. The molecule has 0 aliphatic rings. The van der Waals surface area contributed by atoms with E-state index in [1.54, 1.807) is 18.7 Å². The fourth-order valence-corrected chi connectivity index (χ4v) is 2.76. The van der Waals surface area contributed by atoms with Gasteiger partial charge in [-0.05, 0) is 27.2 Å². The Bertz CT molecular complexity index is 581. The molecule has 126 valence electrons. The monoisotopic (exact) mass is 330 g/mol. The second-order valence-corrected chi connectivity index (χ2v) is 7.89. The number of carbonyl (C=O) groups excluding carboxylic acids is 1. The van der Waals surface area contributed by atoms with Crippen LogP contribution >= 0.6 is 0 Å². The maximum atomic E-state index is 12.3. The molecular formula is C14H26N4O3S. The predicted octanol–water partition coefficient (Wildman–Crippen LogP) is 2.33. The zero-order chi connectivity index (χ0) is 16.8. The van der Waals surface area contributed by atoms with Gasteiger partial charge in [0.15, 0.2) is 0 Å². The van der Waals surface area contributed by atoms with Gasteiger partial charge in [-0.15, -0.1) is 5.10 Å². The first-order valence-electron chi connectivity index (χ1n) is 7.79. The van der Waals surface area contributed by atoms with Crippen LogP contribution in [-0.4, -0.2) is 52.5 Å². The smallest absolute Gasteiger partial charge is 0.323 e. The fourth-order valence-electron chi connectivity index (χ4n) is 1.94. The first kappa shape index (κ1) is 18.6. The largest absolute Gasteiger partial charge is 0.346 e. The number of hydrogen-bond donors (Lipinski definition) is 0. The molecule has 0 bridgehead atoms. The Morgan fingerprint density at radius 2 is 1.95 bits per heavy atom. The molecule has 0 unspecified atom stereocenters. The number of carbonyl (C=O) groups is 1. The van der Waals surface area contributed by atoms with Crippen molar-refractivity contribution in [1.82, 2.24) is 19.7 Å². The molecule has 8 heteroatoms. The van der Waals surface area contributed by atoms with Crippen LogP contribution in [0.25, 0.3) is 0 Å². The van der Waals surface area contributed by atoms with Gasteiger partial charge in [-0.25, -0.2) is 18.2 Å². The molecular weight excluding hydrogens is 304 g/mol. The third kappa shape index (κ3) is 4.53. The maximum absolute atomic E-state index is 12.3. The van der Waals surface area contributed by atoms with Gasteiger partial charge in [0.2, 0.25) is 9.84 Å². The number of sulfone groups is 1. The molecule has 1 rings (SSSR count). The molecule has 0 saturated heterocycles. The normalized spacial score (nSPS) is 11.9. The van der Waals surface area contributed by atoms with E-state index in [0.717, 1.165) is 30.4 Å². The molecule has 0 aliphatic carbocycles. The predicted molar refractivity (Wildman–Crippen MR) is 84.5 cm³/mol. The minimum atomic E-state index is -3.56. The number of nitrogens with zero attached hydrogens (tertiary/aromatic N) is 4. The minimum Gasteiger partial charge on any atom is -0.323 e. The quantitative estimate of drug-likeness (QED) is 0.683. The van der Waals surface area contributed by atoms with E-state index in [1.165, 1.54) is 6.33 Å². The van der Waals surface area contributed by atoms with E-state index in [0.29, 0.717) is 13.1 Å². The van der Waals surface area contributed by atoms with Gasteiger partial charge in [-0.2, -0.15) is 4.68 Å². The number of unbranched alkanes of at least 4 members (excludes halogenated alkanes) is 3. The molecule has 1 heterocycles. The molecule has 0 N–H and O–H groups in total. The molecule has 1 aromatic heterocycles. The standard InChI is InChI=1S/C14H26N4O3S/c1-5-7-8-9-10-17(6-2)14(19)18-11-15-13(16-18)22(20,21)12(3)4/h11-12H,5-10H2,1-4H3. The topological polar surface area (TPSA) is 85.2 Å². The SMILES string of the molecule is CCCCCCN(CC)C(=O)n1cnc(S(=O)(=O)C(C)C)n1. The summed E-state index contributed by atoms with van der Waals surface area (Å²) in [6.45, 7) is 8.33. The molecule has 0 aliphatic heterocycles. The lowest BCUT2D eigenvalue weighted by Crippen LogP contribution is -2.35. The van der Waals surface area contributed by atoms with E-state index in [2.05, 4.69) is 17.0 Å². The van der Waals surface area contributed by atoms with Crippen LogP contribution in [0.4, 0.5) is 4.79 Å². The van der Waals surface area contributed by atoms with Gasteiger partial charge in [-0.1, -0.05) is 26.2 Å². The van der Waals surface area contributed by atoms with Crippen molar-refractivity contribution in [1.29, 1.82) is 0 Å². The summed E-state index contributed by atoms with van der Waals surface area (Å²) in [5.41, 5.74) is 0. The summed E-state index contributed by atoms with van der Waals surface area (Å²) in [5.74, 6) is 0. The molecule has 0 saturated carbocycles. The summed E-state index contributed by atoms with van der Waals surface area (Å²) in [4.78, 5) is 17.8. The molecule has 7 nitrogen and oxygen atoms in total. The Kier molecular flexibility index (Phi) is 6.99. The molecule has 1 aromatic rings. The van der Waals surface area contributed by atoms with Crippen molar-refractivity contribution in [3.8, 4) is 0 Å². The first-order chi connectivity index (χ1) is 10.3. The average Bonchev–Trinajstić information content (AvgIpc) is 2.97. The highest BCUT2D eigenvalue weighted by Crippen LogP contribution is 2.11. The van der Waals surface area contributed by atoms with Crippen LogP contribution in [0.15, 0.2) is 11.5 Å². The Morgan fingerprint density at radius 1 is 1.27 bits per heavy atom. The second kappa shape index (κ2) is 8.26. The minimum absolute atomic E-state index is 0.294. The molecule has 0 aromatic carbocycles. The summed E-state index contributed by atoms with van der Waals surface area (Å²) in [6.07, 6.45) is 5.46. The zero-order valence-corrected chi connectivity index (χ0v) is 14.6. The lowest BCUT2D eigenvalue weighted by atomic mass is 10.2. The van der Waals surface area contributed by atoms with Crippen LogP contribution in [0, 0.1) is 0 Å². The van der Waals surface area contributed by atoms with Gasteiger partial charge in [-0.3, -0.25) is 0 Å². The van der Waals surface area contributed by atoms with Gasteiger partial charge in [0.1, 0.15) is 6.33 Å². The fraction of sp³-hybridized carbons (Fsp3) is 0.786. The van der Waals surface area contributed by atoms with Gasteiger partial charge >= 0.3 is 6.03 Å². The van der Waals surface area contributed by atoms with E-state index >= 15 is 0 Å². The van der Waals surface area contributed by atoms with E-state index in [-0.39, 0.29) is 11.2 Å². The Balaban J connectivity index is 2.78. The maximum Gasteiger partial charge on any atom is 0.346 e. The van der Waals surface area contributed by atoms with Crippen molar-refractivity contribution in [2.24, 2.45) is 0 Å². The first-order valence-corrected chi connectivity index (χ1v) is 9.34. The second-order valence-electron chi connectivity index (χ2n) is 5.49. The van der Waals surface area contributed by atoms with E-state index < -0.39 is 15.1 Å². The molecule has 0 fully saturated rings. The van der Waals surface area contributed by atoms with E-state index in [9.17, 15) is 13.2 Å². The van der Waals surface area contributed by atoms with Crippen molar-refractivity contribution < 1.29 is 13.2 Å². The highest BCUT2D eigenvalue weighted by molar-refractivity contribution is 7.91. The average molecular weight is 330 g/mol. The summed E-state index contributed by atoms with van der Waals surface area (Å²) < 4.78 is 25.0. The van der Waals surface area contributed by atoms with E-state index in [1.807, 2.05) is 6.92 Å². The van der Waals surface area contributed by atoms with Crippen LogP contribution in [-0.2, 0) is 9.84 Å². The number of aromatic nitrogens is 3. The lowest BCUT2D eigenvalue weighted by Gasteiger charge is -2.19. The van der Waals surface area contributed by atoms with Crippen LogP contribution in [0.3, 0.4) is 0 Å². The Morgan fingerprint density at radius 3 is 2.50 bits per heavy atom. The highest BCUT2D eigenvalue weighted by atomic mass is 32.2. The molecule has 1 amide bonds. The van der Waals surface area contributed by atoms with Crippen LogP contribution in [0.5, 0.6) is 0 Å². The van der Waals surface area contributed by atoms with E-state index in [4.69, 9.17) is 0 Å². The Hall–Kier alpha value is -1.44. The number of rotatable bonds is 8. The zero-order valence-electron chi connectivity index (χ0n) is 13.8. The number of hydrogen-bond acceptors (Lipinski definition) is 5. The van der Waals surface area contributed by atoms with Crippen molar-refractivity contribution >= 4 is 15.9 Å². The summed E-state index contributed by atoms with van der Waals surface area (Å²) >= 11 is 0. The summed E-state index contributed by atoms with van der Waals surface area (Å²) in [6, 6.07) is -0.336. The van der Waals surface area contributed by atoms with Crippen LogP contribution in [0.2, 0.25) is 0 Å². The van der Waals surface area contributed by atoms with Crippen LogP contribution in [0.1, 0.15) is 53.4 Å². The third-order valence-corrected chi connectivity index (χ3v) is 5.41.